The maximum Gasteiger partial charge on any atom is 0.254 e. The van der Waals surface area contributed by atoms with Crippen molar-refractivity contribution in [2.24, 2.45) is 0 Å². The predicted octanol–water partition coefficient (Wildman–Crippen LogP) is 1.75. The molecule has 1 aliphatic heterocycles. The van der Waals surface area contributed by atoms with Gasteiger partial charge >= 0.3 is 0 Å². The molecule has 6 heteroatoms. The number of nitrogens with zero attached hydrogens (tertiary/aromatic N) is 1. The number of rotatable bonds is 4. The fourth-order valence-corrected chi connectivity index (χ4v) is 2.92. The first-order valence-electron chi connectivity index (χ1n) is 7.65. The van der Waals surface area contributed by atoms with Crippen LogP contribution in [0.1, 0.15) is 36.5 Å². The van der Waals surface area contributed by atoms with E-state index < -0.39 is 11.7 Å². The summed E-state index contributed by atoms with van der Waals surface area (Å²) >= 11 is 0. The molecule has 2 aliphatic rings. The van der Waals surface area contributed by atoms with E-state index in [1.165, 1.54) is 38.0 Å². The third kappa shape index (κ3) is 3.44. The zero-order valence-corrected chi connectivity index (χ0v) is 12.6. The molecule has 2 amide bonds. The Morgan fingerprint density at radius 3 is 2.73 bits per heavy atom. The third-order valence-electron chi connectivity index (χ3n) is 4.15. The second-order valence-electron chi connectivity index (χ2n) is 6.06. The molecule has 1 heterocycles. The highest BCUT2D eigenvalue weighted by atomic mass is 19.1. The molecule has 1 atom stereocenters. The van der Waals surface area contributed by atoms with Crippen molar-refractivity contribution < 1.29 is 14.0 Å². The summed E-state index contributed by atoms with van der Waals surface area (Å²) in [5.41, 5.74) is 0.390. The summed E-state index contributed by atoms with van der Waals surface area (Å²) in [5, 5.41) is 5.45. The van der Waals surface area contributed by atoms with E-state index in [0.717, 1.165) is 19.5 Å². The summed E-state index contributed by atoms with van der Waals surface area (Å²) in [6.07, 6.45) is 3.39. The first kappa shape index (κ1) is 15.0. The van der Waals surface area contributed by atoms with Crippen LogP contribution in [0.25, 0.3) is 0 Å². The molecule has 0 aromatic heterocycles. The van der Waals surface area contributed by atoms with E-state index in [2.05, 4.69) is 15.5 Å². The lowest BCUT2D eigenvalue weighted by atomic mass is 10.1. The van der Waals surface area contributed by atoms with Crippen LogP contribution >= 0.6 is 0 Å². The predicted molar refractivity (Wildman–Crippen MR) is 81.2 cm³/mol. The molecule has 22 heavy (non-hydrogen) atoms. The monoisotopic (exact) mass is 305 g/mol. The first-order chi connectivity index (χ1) is 10.5. The zero-order chi connectivity index (χ0) is 15.7. The summed E-state index contributed by atoms with van der Waals surface area (Å²) in [4.78, 5) is 25.7. The van der Waals surface area contributed by atoms with Gasteiger partial charge in [0.25, 0.3) is 5.91 Å². The van der Waals surface area contributed by atoms with Gasteiger partial charge in [0.05, 0.1) is 5.56 Å². The number of likely N-dealkylation sites (tertiary alicyclic amines) is 1. The minimum atomic E-state index is -0.580. The number of halogens is 1. The van der Waals surface area contributed by atoms with Crippen molar-refractivity contribution in [2.45, 2.75) is 38.3 Å². The summed E-state index contributed by atoms with van der Waals surface area (Å²) in [6, 6.07) is 4.77. The largest absolute Gasteiger partial charge is 0.348 e. The Hall–Kier alpha value is -1.95. The van der Waals surface area contributed by atoms with E-state index in [1.807, 2.05) is 0 Å². The number of hydrogen-bond donors (Lipinski definition) is 2. The van der Waals surface area contributed by atoms with E-state index in [4.69, 9.17) is 0 Å². The third-order valence-corrected chi connectivity index (χ3v) is 4.15. The number of amides is 2. The quantitative estimate of drug-likeness (QED) is 0.891. The molecule has 1 saturated heterocycles. The normalized spacial score (nSPS) is 21.6. The van der Waals surface area contributed by atoms with Gasteiger partial charge in [-0.1, -0.05) is 0 Å². The molecule has 0 radical (unpaired) electrons. The second-order valence-corrected chi connectivity index (χ2v) is 6.06. The van der Waals surface area contributed by atoms with Crippen LogP contribution in [0.3, 0.4) is 0 Å². The summed E-state index contributed by atoms with van der Waals surface area (Å²) in [6.45, 7) is 3.20. The molecule has 118 valence electrons. The molecular weight excluding hydrogens is 285 g/mol. The number of anilines is 1. The summed E-state index contributed by atoms with van der Waals surface area (Å²) in [5.74, 6) is -1.26. The average molecular weight is 305 g/mol. The Morgan fingerprint density at radius 1 is 1.27 bits per heavy atom. The van der Waals surface area contributed by atoms with Crippen LogP contribution in [0.15, 0.2) is 18.2 Å². The van der Waals surface area contributed by atoms with E-state index in [1.54, 1.807) is 0 Å². The van der Waals surface area contributed by atoms with Crippen molar-refractivity contribution in [1.82, 2.24) is 10.2 Å². The SMILES string of the molecule is CC(=O)Nc1ccc(F)c(C(=O)N[C@H]2CCN(C3CC3)C2)c1. The molecule has 0 bridgehead atoms. The lowest BCUT2D eigenvalue weighted by Gasteiger charge is -2.16. The van der Waals surface area contributed by atoms with Crippen LogP contribution in [0.2, 0.25) is 0 Å². The molecule has 1 aliphatic carbocycles. The Bertz CT molecular complexity index is 601. The molecule has 0 unspecified atom stereocenters. The molecular formula is C16H20FN3O2. The number of carbonyl (C=O) groups is 2. The summed E-state index contributed by atoms with van der Waals surface area (Å²) < 4.78 is 13.9. The van der Waals surface area contributed by atoms with Crippen LogP contribution in [-0.4, -0.2) is 41.9 Å². The number of benzene rings is 1. The van der Waals surface area contributed by atoms with Gasteiger partial charge in [-0.05, 0) is 37.5 Å². The van der Waals surface area contributed by atoms with Crippen molar-refractivity contribution in [3.05, 3.63) is 29.6 Å². The minimum Gasteiger partial charge on any atom is -0.348 e. The van der Waals surface area contributed by atoms with Gasteiger partial charge in [0.15, 0.2) is 0 Å². The standard InChI is InChI=1S/C16H20FN3O2/c1-10(21)18-11-2-5-15(17)14(8-11)16(22)19-12-6-7-20(9-12)13-3-4-13/h2,5,8,12-13H,3-4,6-7,9H2,1H3,(H,18,21)(H,19,22)/t12-/m0/s1. The first-order valence-corrected chi connectivity index (χ1v) is 7.65. The van der Waals surface area contributed by atoms with Gasteiger partial charge in [0.1, 0.15) is 5.82 Å². The van der Waals surface area contributed by atoms with Gasteiger partial charge in [-0.15, -0.1) is 0 Å². The van der Waals surface area contributed by atoms with Gasteiger partial charge in [-0.2, -0.15) is 0 Å². The Morgan fingerprint density at radius 2 is 2.05 bits per heavy atom. The van der Waals surface area contributed by atoms with Crippen molar-refractivity contribution in [1.29, 1.82) is 0 Å². The molecule has 5 nitrogen and oxygen atoms in total. The molecule has 1 saturated carbocycles. The van der Waals surface area contributed by atoms with E-state index >= 15 is 0 Å². The van der Waals surface area contributed by atoms with Crippen molar-refractivity contribution >= 4 is 17.5 Å². The Labute approximate surface area is 128 Å². The number of nitrogens with one attached hydrogen (secondary N) is 2. The van der Waals surface area contributed by atoms with E-state index in [-0.39, 0.29) is 17.5 Å². The lowest BCUT2D eigenvalue weighted by Crippen LogP contribution is -2.37. The highest BCUT2D eigenvalue weighted by Gasteiger charge is 2.35. The van der Waals surface area contributed by atoms with Crippen molar-refractivity contribution in [2.75, 3.05) is 18.4 Å². The van der Waals surface area contributed by atoms with Crippen LogP contribution in [0.5, 0.6) is 0 Å². The number of carbonyl (C=O) groups excluding carboxylic acids is 2. The molecule has 3 rings (SSSR count). The van der Waals surface area contributed by atoms with Gasteiger partial charge in [0, 0.05) is 37.8 Å². The van der Waals surface area contributed by atoms with Crippen LogP contribution in [-0.2, 0) is 4.79 Å². The Kier molecular flexibility index (Phi) is 4.11. The van der Waals surface area contributed by atoms with Gasteiger partial charge in [-0.3, -0.25) is 14.5 Å². The minimum absolute atomic E-state index is 0.0314. The molecule has 2 fully saturated rings. The maximum atomic E-state index is 13.9. The van der Waals surface area contributed by atoms with Gasteiger partial charge in [-0.25, -0.2) is 4.39 Å². The van der Waals surface area contributed by atoms with Gasteiger partial charge in [0.2, 0.25) is 5.91 Å². The number of hydrogen-bond acceptors (Lipinski definition) is 3. The fraction of sp³-hybridized carbons (Fsp3) is 0.500. The van der Waals surface area contributed by atoms with Crippen molar-refractivity contribution in [3.63, 3.8) is 0 Å². The Balaban J connectivity index is 1.65. The topological polar surface area (TPSA) is 61.4 Å². The van der Waals surface area contributed by atoms with Crippen LogP contribution < -0.4 is 10.6 Å². The van der Waals surface area contributed by atoms with E-state index in [0.29, 0.717) is 11.7 Å². The zero-order valence-electron chi connectivity index (χ0n) is 12.6. The molecule has 1 aromatic carbocycles. The van der Waals surface area contributed by atoms with Crippen LogP contribution in [0.4, 0.5) is 10.1 Å². The van der Waals surface area contributed by atoms with Crippen molar-refractivity contribution in [3.8, 4) is 0 Å². The van der Waals surface area contributed by atoms with Gasteiger partial charge < -0.3 is 10.6 Å². The molecule has 0 spiro atoms. The molecule has 2 N–H and O–H groups in total. The highest BCUT2D eigenvalue weighted by Crippen LogP contribution is 2.29. The van der Waals surface area contributed by atoms with Crippen LogP contribution in [0, 0.1) is 5.82 Å². The second kappa shape index (κ2) is 6.04. The summed E-state index contributed by atoms with van der Waals surface area (Å²) in [7, 11) is 0. The lowest BCUT2D eigenvalue weighted by molar-refractivity contribution is -0.114. The highest BCUT2D eigenvalue weighted by molar-refractivity contribution is 5.97. The van der Waals surface area contributed by atoms with E-state index in [9.17, 15) is 14.0 Å². The molecule has 1 aromatic rings. The fourth-order valence-electron chi connectivity index (χ4n) is 2.92. The maximum absolute atomic E-state index is 13.9. The smallest absolute Gasteiger partial charge is 0.254 e. The average Bonchev–Trinajstić information content (AvgIpc) is 3.21.